The molecule has 1 aliphatic carbocycles. The Morgan fingerprint density at radius 1 is 1.06 bits per heavy atom. The van der Waals surface area contributed by atoms with Gasteiger partial charge in [-0.1, -0.05) is 18.2 Å². The number of nitrogens with zero attached hydrogens (tertiary/aromatic N) is 2. The van der Waals surface area contributed by atoms with Gasteiger partial charge >= 0.3 is 6.09 Å². The van der Waals surface area contributed by atoms with Crippen LogP contribution in [0.5, 0.6) is 5.75 Å². The van der Waals surface area contributed by atoms with Crippen LogP contribution < -0.4 is 10.1 Å². The van der Waals surface area contributed by atoms with Crippen molar-refractivity contribution in [3.05, 3.63) is 53.9 Å². The van der Waals surface area contributed by atoms with Crippen LogP contribution in [0.3, 0.4) is 0 Å². The Hall–Kier alpha value is -2.96. The van der Waals surface area contributed by atoms with E-state index in [1.807, 2.05) is 51.1 Å². The van der Waals surface area contributed by atoms with Crippen molar-refractivity contribution in [1.82, 2.24) is 14.8 Å². The van der Waals surface area contributed by atoms with Crippen molar-refractivity contribution in [2.45, 2.75) is 77.0 Å². The van der Waals surface area contributed by atoms with Crippen molar-refractivity contribution in [3.8, 4) is 5.75 Å². The van der Waals surface area contributed by atoms with Gasteiger partial charge in [0.2, 0.25) is 5.91 Å². The molecule has 1 N–H and O–H groups in total. The highest BCUT2D eigenvalue weighted by Crippen LogP contribution is 2.33. The number of rotatable bonds is 6. The lowest BCUT2D eigenvalue weighted by atomic mass is 9.86. The van der Waals surface area contributed by atoms with Gasteiger partial charge in [-0.25, -0.2) is 4.79 Å². The Bertz CT molecular complexity index is 972. The zero-order valence-electron chi connectivity index (χ0n) is 20.6. The molecule has 7 nitrogen and oxygen atoms in total. The molecule has 1 fully saturated rings. The van der Waals surface area contributed by atoms with Gasteiger partial charge in [0.1, 0.15) is 18.0 Å². The van der Waals surface area contributed by atoms with Gasteiger partial charge in [0, 0.05) is 31.0 Å². The van der Waals surface area contributed by atoms with E-state index in [2.05, 4.69) is 22.1 Å². The number of carbonyl (C=O) groups excluding carboxylic acids is 2. The van der Waals surface area contributed by atoms with Gasteiger partial charge in [-0.3, -0.25) is 4.79 Å². The van der Waals surface area contributed by atoms with Crippen molar-refractivity contribution in [1.29, 1.82) is 0 Å². The average molecular weight is 468 g/mol. The predicted octanol–water partition coefficient (Wildman–Crippen LogP) is 4.50. The first-order valence-corrected chi connectivity index (χ1v) is 12.4. The molecule has 1 unspecified atom stereocenters. The molecular formula is C27H37N3O4. The molecule has 4 rings (SSSR count). The summed E-state index contributed by atoms with van der Waals surface area (Å²) in [6.07, 6.45) is 6.20. The highest BCUT2D eigenvalue weighted by Gasteiger charge is 2.32. The van der Waals surface area contributed by atoms with E-state index < -0.39 is 5.60 Å². The molecule has 1 atom stereocenters. The summed E-state index contributed by atoms with van der Waals surface area (Å²) in [4.78, 5) is 27.4. The van der Waals surface area contributed by atoms with Crippen LogP contribution in [0.15, 0.2) is 42.6 Å². The minimum absolute atomic E-state index is 0.0846. The Morgan fingerprint density at radius 2 is 1.79 bits per heavy atom. The number of hydrogen-bond acceptors (Lipinski definition) is 4. The fourth-order valence-corrected chi connectivity index (χ4v) is 4.86. The van der Waals surface area contributed by atoms with Gasteiger partial charge in [0.05, 0.1) is 12.5 Å². The number of aryl methyl sites for hydroxylation is 1. The van der Waals surface area contributed by atoms with E-state index in [0.29, 0.717) is 26.2 Å². The Morgan fingerprint density at radius 3 is 2.50 bits per heavy atom. The van der Waals surface area contributed by atoms with Gasteiger partial charge in [-0.15, -0.1) is 0 Å². The van der Waals surface area contributed by atoms with Crippen LogP contribution in [0.4, 0.5) is 4.79 Å². The molecule has 0 spiro atoms. The number of carbonyl (C=O) groups is 2. The quantitative estimate of drug-likeness (QED) is 0.679. The summed E-state index contributed by atoms with van der Waals surface area (Å²) in [5.74, 6) is 0.815. The second-order valence-electron chi connectivity index (χ2n) is 10.3. The maximum absolute atomic E-state index is 13.3. The summed E-state index contributed by atoms with van der Waals surface area (Å²) in [5, 5.41) is 3.27. The van der Waals surface area contributed by atoms with Gasteiger partial charge < -0.3 is 24.3 Å². The molecule has 1 aromatic carbocycles. The number of nitrogens with one attached hydrogen (secondary N) is 1. The molecule has 34 heavy (non-hydrogen) atoms. The highest BCUT2D eigenvalue weighted by molar-refractivity contribution is 5.84. The van der Waals surface area contributed by atoms with E-state index in [4.69, 9.17) is 9.47 Å². The van der Waals surface area contributed by atoms with E-state index in [0.717, 1.165) is 43.5 Å². The van der Waals surface area contributed by atoms with Crippen LogP contribution in [0, 0.1) is 0 Å². The maximum atomic E-state index is 13.3. The number of hydrogen-bond donors (Lipinski definition) is 1. The lowest BCUT2D eigenvalue weighted by Gasteiger charge is -2.34. The maximum Gasteiger partial charge on any atom is 0.410 e. The molecule has 2 heterocycles. The standard InChI is InChI=1S/C27H37N3O4/c1-27(2,3)34-26(32)30-16-13-21(14-17-30)28-25(31)23-11-7-8-20-12-15-29(24(20)23)18-19-33-22-9-5-4-6-10-22/h4-6,9-10,12,15,21,23H,7-8,11,13-14,16-19H2,1-3H3,(H,28,31). The molecule has 0 saturated carbocycles. The lowest BCUT2D eigenvalue weighted by Crippen LogP contribution is -2.48. The summed E-state index contributed by atoms with van der Waals surface area (Å²) in [6, 6.07) is 12.0. The van der Waals surface area contributed by atoms with Gasteiger partial charge in [-0.2, -0.15) is 0 Å². The van der Waals surface area contributed by atoms with Crippen LogP contribution in [0.1, 0.15) is 63.6 Å². The van der Waals surface area contributed by atoms with E-state index in [1.165, 1.54) is 5.56 Å². The first-order chi connectivity index (χ1) is 16.3. The third kappa shape index (κ3) is 6.13. The van der Waals surface area contributed by atoms with Gasteiger partial charge in [0.15, 0.2) is 0 Å². The molecule has 0 bridgehead atoms. The molecule has 0 radical (unpaired) electrons. The number of benzene rings is 1. The molecule has 1 saturated heterocycles. The second-order valence-corrected chi connectivity index (χ2v) is 10.3. The molecule has 2 amide bonds. The summed E-state index contributed by atoms with van der Waals surface area (Å²) in [6.45, 7) is 8.09. The van der Waals surface area contributed by atoms with Gasteiger partial charge in [-0.05, 0) is 76.6 Å². The zero-order valence-corrected chi connectivity index (χ0v) is 20.6. The number of aromatic nitrogens is 1. The molecule has 2 aromatic rings. The van der Waals surface area contributed by atoms with Crippen LogP contribution in [-0.4, -0.2) is 52.8 Å². The zero-order chi connectivity index (χ0) is 24.1. The van der Waals surface area contributed by atoms with Crippen molar-refractivity contribution >= 4 is 12.0 Å². The van der Waals surface area contributed by atoms with Crippen molar-refractivity contribution in [3.63, 3.8) is 0 Å². The first-order valence-electron chi connectivity index (χ1n) is 12.4. The molecule has 7 heteroatoms. The Labute approximate surface area is 202 Å². The van der Waals surface area contributed by atoms with Gasteiger partial charge in [0.25, 0.3) is 0 Å². The minimum atomic E-state index is -0.498. The number of para-hydroxylation sites is 1. The third-order valence-corrected chi connectivity index (χ3v) is 6.52. The molecule has 2 aliphatic rings. The number of fused-ring (bicyclic) bond motifs is 1. The van der Waals surface area contributed by atoms with Crippen LogP contribution >= 0.6 is 0 Å². The van der Waals surface area contributed by atoms with Crippen LogP contribution in [0.25, 0.3) is 0 Å². The third-order valence-electron chi connectivity index (χ3n) is 6.52. The predicted molar refractivity (Wildman–Crippen MR) is 131 cm³/mol. The fraction of sp³-hybridized carbons (Fsp3) is 0.556. The summed E-state index contributed by atoms with van der Waals surface area (Å²) in [7, 11) is 0. The molecular weight excluding hydrogens is 430 g/mol. The topological polar surface area (TPSA) is 72.8 Å². The molecule has 184 valence electrons. The Balaban J connectivity index is 1.32. The summed E-state index contributed by atoms with van der Waals surface area (Å²) < 4.78 is 13.5. The summed E-state index contributed by atoms with van der Waals surface area (Å²) >= 11 is 0. The first kappa shape index (κ1) is 24.2. The number of piperidine rings is 1. The minimum Gasteiger partial charge on any atom is -0.492 e. The second kappa shape index (κ2) is 10.5. The van der Waals surface area contributed by atoms with Crippen molar-refractivity contribution in [2.75, 3.05) is 19.7 Å². The smallest absolute Gasteiger partial charge is 0.410 e. The highest BCUT2D eigenvalue weighted by atomic mass is 16.6. The lowest BCUT2D eigenvalue weighted by molar-refractivity contribution is -0.124. The number of ether oxygens (including phenoxy) is 2. The van der Waals surface area contributed by atoms with E-state index in [9.17, 15) is 9.59 Å². The SMILES string of the molecule is CC(C)(C)OC(=O)N1CCC(NC(=O)C2CCCc3ccn(CCOc4ccccc4)c32)CC1. The fourth-order valence-electron chi connectivity index (χ4n) is 4.86. The van der Waals surface area contributed by atoms with Crippen molar-refractivity contribution < 1.29 is 19.1 Å². The largest absolute Gasteiger partial charge is 0.492 e. The number of likely N-dealkylation sites (tertiary alicyclic amines) is 1. The number of amides is 2. The average Bonchev–Trinajstić information content (AvgIpc) is 3.22. The van der Waals surface area contributed by atoms with E-state index >= 15 is 0 Å². The van der Waals surface area contributed by atoms with E-state index in [1.54, 1.807) is 4.90 Å². The normalized spacial score (nSPS) is 18.8. The molecule has 1 aromatic heterocycles. The molecule has 1 aliphatic heterocycles. The van der Waals surface area contributed by atoms with Crippen molar-refractivity contribution in [2.24, 2.45) is 0 Å². The summed E-state index contributed by atoms with van der Waals surface area (Å²) in [5.41, 5.74) is 1.90. The van der Waals surface area contributed by atoms with E-state index in [-0.39, 0.29) is 24.0 Å². The van der Waals surface area contributed by atoms with Crippen LogP contribution in [-0.2, 0) is 22.5 Å². The Kier molecular flexibility index (Phi) is 7.49. The van der Waals surface area contributed by atoms with Crippen LogP contribution in [0.2, 0.25) is 0 Å². The monoisotopic (exact) mass is 467 g/mol.